The molecule has 2 heterocycles. The number of hydrogen-bond donors (Lipinski definition) is 1. The number of pyridine rings is 1. The molecule has 20 heavy (non-hydrogen) atoms. The molecule has 1 aromatic heterocycles. The van der Waals surface area contributed by atoms with Crippen molar-refractivity contribution >= 4 is 23.4 Å². The fourth-order valence-corrected chi connectivity index (χ4v) is 3.87. The molecule has 0 radical (unpaired) electrons. The van der Waals surface area contributed by atoms with Crippen molar-refractivity contribution in [3.8, 4) is 0 Å². The van der Waals surface area contributed by atoms with Crippen LogP contribution in [0.4, 0.5) is 0 Å². The van der Waals surface area contributed by atoms with Crippen LogP contribution >= 0.6 is 23.4 Å². The molecule has 1 aliphatic heterocycles. The van der Waals surface area contributed by atoms with Crippen LogP contribution in [0.5, 0.6) is 0 Å². The Morgan fingerprint density at radius 2 is 2.10 bits per heavy atom. The van der Waals surface area contributed by atoms with Gasteiger partial charge in [0.2, 0.25) is 0 Å². The number of halogens is 1. The molecule has 2 atom stereocenters. The van der Waals surface area contributed by atoms with E-state index >= 15 is 0 Å². The molecule has 0 saturated carbocycles. The third kappa shape index (κ3) is 3.00. The average Bonchev–Trinajstić information content (AvgIpc) is 2.49. The highest BCUT2D eigenvalue weighted by Crippen LogP contribution is 2.38. The molecule has 0 bridgehead atoms. The quantitative estimate of drug-likeness (QED) is 0.895. The van der Waals surface area contributed by atoms with E-state index in [9.17, 15) is 0 Å². The van der Waals surface area contributed by atoms with E-state index in [1.165, 1.54) is 16.0 Å². The fourth-order valence-electron chi connectivity index (χ4n) is 2.59. The minimum atomic E-state index is 0.304. The van der Waals surface area contributed by atoms with Gasteiger partial charge in [0.1, 0.15) is 0 Å². The first-order valence-electron chi connectivity index (χ1n) is 6.82. The number of nitrogens with one attached hydrogen (secondary N) is 1. The van der Waals surface area contributed by atoms with Gasteiger partial charge in [-0.15, -0.1) is 11.8 Å². The molecule has 0 fully saturated rings. The smallest absolute Gasteiger partial charge is 0.0410 e. The highest BCUT2D eigenvalue weighted by Gasteiger charge is 2.22. The second kappa shape index (κ2) is 6.17. The lowest BCUT2D eigenvalue weighted by atomic mass is 10.0. The van der Waals surface area contributed by atoms with Gasteiger partial charge in [0.05, 0.1) is 0 Å². The van der Waals surface area contributed by atoms with E-state index in [1.807, 2.05) is 30.2 Å². The van der Waals surface area contributed by atoms with Gasteiger partial charge in [0.15, 0.2) is 0 Å². The van der Waals surface area contributed by atoms with Gasteiger partial charge in [-0.1, -0.05) is 11.6 Å². The molecular formula is C16H17ClN2S. The van der Waals surface area contributed by atoms with Crippen LogP contribution in [0.15, 0.2) is 47.6 Å². The van der Waals surface area contributed by atoms with E-state index < -0.39 is 0 Å². The van der Waals surface area contributed by atoms with E-state index in [0.717, 1.165) is 17.2 Å². The van der Waals surface area contributed by atoms with Gasteiger partial charge in [0, 0.05) is 34.4 Å². The summed E-state index contributed by atoms with van der Waals surface area (Å²) < 4.78 is 0. The largest absolute Gasteiger partial charge is 0.303 e. The number of thioether (sulfide) groups is 1. The first-order chi connectivity index (χ1) is 9.74. The number of benzene rings is 1. The minimum absolute atomic E-state index is 0.304. The molecule has 2 unspecified atom stereocenters. The van der Waals surface area contributed by atoms with Crippen molar-refractivity contribution in [3.05, 3.63) is 58.9 Å². The van der Waals surface area contributed by atoms with Crippen LogP contribution in [-0.2, 0) is 0 Å². The number of nitrogens with zero attached hydrogens (tertiary/aromatic N) is 1. The summed E-state index contributed by atoms with van der Waals surface area (Å²) in [6, 6.07) is 11.0. The molecule has 2 nitrogen and oxygen atoms in total. The lowest BCUT2D eigenvalue weighted by Gasteiger charge is -2.29. The predicted molar refractivity (Wildman–Crippen MR) is 85.3 cm³/mol. The Bertz CT molecular complexity index is 588. The zero-order valence-electron chi connectivity index (χ0n) is 11.3. The van der Waals surface area contributed by atoms with Gasteiger partial charge in [-0.2, -0.15) is 0 Å². The minimum Gasteiger partial charge on any atom is -0.303 e. The summed E-state index contributed by atoms with van der Waals surface area (Å²) in [6.07, 6.45) is 4.82. The van der Waals surface area contributed by atoms with Gasteiger partial charge in [-0.05, 0) is 60.6 Å². The standard InChI is InChI=1S/C16H17ClN2S/c1-11(12-4-7-18-8-5-12)19-15-6-9-20-16-3-2-13(17)10-14(15)16/h2-5,7-8,10-11,15,19H,6,9H2,1H3. The van der Waals surface area contributed by atoms with E-state index in [-0.39, 0.29) is 0 Å². The summed E-state index contributed by atoms with van der Waals surface area (Å²) >= 11 is 8.07. The summed E-state index contributed by atoms with van der Waals surface area (Å²) in [6.45, 7) is 2.20. The molecule has 1 aromatic carbocycles. The summed E-state index contributed by atoms with van der Waals surface area (Å²) in [5.74, 6) is 1.15. The topological polar surface area (TPSA) is 24.9 Å². The monoisotopic (exact) mass is 304 g/mol. The first-order valence-corrected chi connectivity index (χ1v) is 8.18. The Labute approximate surface area is 129 Å². The number of fused-ring (bicyclic) bond motifs is 1. The Hall–Kier alpha value is -1.03. The predicted octanol–water partition coefficient (Wildman–Crippen LogP) is 4.62. The Balaban J connectivity index is 1.81. The number of aromatic nitrogens is 1. The van der Waals surface area contributed by atoms with Gasteiger partial charge in [-0.3, -0.25) is 4.98 Å². The molecule has 2 aromatic rings. The summed E-state index contributed by atoms with van der Waals surface area (Å²) in [7, 11) is 0. The van der Waals surface area contributed by atoms with E-state index in [1.54, 1.807) is 0 Å². The molecule has 104 valence electrons. The van der Waals surface area contributed by atoms with Crippen LogP contribution in [0.3, 0.4) is 0 Å². The number of hydrogen-bond acceptors (Lipinski definition) is 3. The van der Waals surface area contributed by atoms with Crippen molar-refractivity contribution in [2.75, 3.05) is 5.75 Å². The van der Waals surface area contributed by atoms with Crippen molar-refractivity contribution in [2.24, 2.45) is 0 Å². The zero-order valence-corrected chi connectivity index (χ0v) is 12.9. The molecule has 1 aliphatic rings. The zero-order chi connectivity index (χ0) is 13.9. The van der Waals surface area contributed by atoms with Gasteiger partial charge in [0.25, 0.3) is 0 Å². The Morgan fingerprint density at radius 3 is 2.90 bits per heavy atom. The number of rotatable bonds is 3. The summed E-state index contributed by atoms with van der Waals surface area (Å²) in [4.78, 5) is 5.42. The second-order valence-electron chi connectivity index (χ2n) is 5.04. The molecule has 0 spiro atoms. The van der Waals surface area contributed by atoms with E-state index in [2.05, 4.69) is 41.5 Å². The van der Waals surface area contributed by atoms with Crippen LogP contribution in [-0.4, -0.2) is 10.7 Å². The highest BCUT2D eigenvalue weighted by atomic mass is 35.5. The molecule has 4 heteroatoms. The fraction of sp³-hybridized carbons (Fsp3) is 0.312. The maximum atomic E-state index is 6.15. The molecule has 0 saturated heterocycles. The lowest BCUT2D eigenvalue weighted by molar-refractivity contribution is 0.450. The lowest BCUT2D eigenvalue weighted by Crippen LogP contribution is -2.27. The second-order valence-corrected chi connectivity index (χ2v) is 6.61. The molecule has 1 N–H and O–H groups in total. The SMILES string of the molecule is CC(NC1CCSc2ccc(Cl)cc21)c1ccncc1. The highest BCUT2D eigenvalue weighted by molar-refractivity contribution is 7.99. The van der Waals surface area contributed by atoms with Crippen LogP contribution in [0.25, 0.3) is 0 Å². The molecular weight excluding hydrogens is 288 g/mol. The average molecular weight is 305 g/mol. The van der Waals surface area contributed by atoms with Crippen LogP contribution in [0.2, 0.25) is 5.02 Å². The summed E-state index contributed by atoms with van der Waals surface area (Å²) in [5.41, 5.74) is 2.59. The third-order valence-corrected chi connectivity index (χ3v) is 5.03. The van der Waals surface area contributed by atoms with Crippen LogP contribution in [0.1, 0.15) is 36.6 Å². The molecule has 0 aliphatic carbocycles. The molecule has 0 amide bonds. The maximum Gasteiger partial charge on any atom is 0.0410 e. The van der Waals surface area contributed by atoms with Crippen molar-refractivity contribution in [2.45, 2.75) is 30.3 Å². The summed E-state index contributed by atoms with van der Waals surface area (Å²) in [5, 5.41) is 4.53. The van der Waals surface area contributed by atoms with Crippen LogP contribution in [0, 0.1) is 0 Å². The molecule has 3 rings (SSSR count). The van der Waals surface area contributed by atoms with Crippen LogP contribution < -0.4 is 5.32 Å². The maximum absolute atomic E-state index is 6.15. The van der Waals surface area contributed by atoms with Crippen molar-refractivity contribution in [3.63, 3.8) is 0 Å². The third-order valence-electron chi connectivity index (χ3n) is 3.67. The van der Waals surface area contributed by atoms with E-state index in [4.69, 9.17) is 11.6 Å². The van der Waals surface area contributed by atoms with Gasteiger partial charge in [-0.25, -0.2) is 0 Å². The normalized spacial score (nSPS) is 19.4. The van der Waals surface area contributed by atoms with Crippen molar-refractivity contribution in [1.29, 1.82) is 0 Å². The van der Waals surface area contributed by atoms with Gasteiger partial charge >= 0.3 is 0 Å². The van der Waals surface area contributed by atoms with Crippen molar-refractivity contribution in [1.82, 2.24) is 10.3 Å². The Morgan fingerprint density at radius 1 is 1.30 bits per heavy atom. The van der Waals surface area contributed by atoms with Crippen molar-refractivity contribution < 1.29 is 0 Å². The first kappa shape index (κ1) is 13.9. The Kier molecular flexibility index (Phi) is 4.29. The van der Waals surface area contributed by atoms with E-state index in [0.29, 0.717) is 12.1 Å². The van der Waals surface area contributed by atoms with Gasteiger partial charge < -0.3 is 5.32 Å².